The summed E-state index contributed by atoms with van der Waals surface area (Å²) >= 11 is 0. The number of nitrogens with two attached hydrogens (primary N) is 1. The SMILES string of the molecule is C=CC(=O)OCC(O)CN(CC(O)COC(=O)C=C)c1ccc(N(CC(O)COC(=O)C=C)CC(COC(=O)C=C)ON)cc1.C=CC(=O)OCC(O)Cn1c(=O)n(CC(O)COC(=O)C=C)c(=O)n(CC(O)COC(=O)C=C)c1=O. The lowest BCUT2D eigenvalue weighted by atomic mass is 10.2. The highest BCUT2D eigenvalue weighted by Crippen LogP contribution is 2.23. The van der Waals surface area contributed by atoms with E-state index in [4.69, 9.17) is 29.7 Å². The molecule has 7 atom stereocenters. The first-order valence-corrected chi connectivity index (χ1v) is 23.9. The van der Waals surface area contributed by atoms with E-state index >= 15 is 0 Å². The van der Waals surface area contributed by atoms with Crippen molar-refractivity contribution < 1.29 is 102 Å². The molecule has 446 valence electrons. The third-order valence-corrected chi connectivity index (χ3v) is 10.1. The van der Waals surface area contributed by atoms with Crippen LogP contribution in [0.2, 0.25) is 0 Å². The van der Waals surface area contributed by atoms with Crippen molar-refractivity contribution in [2.75, 3.05) is 82.2 Å². The van der Waals surface area contributed by atoms with E-state index in [-0.39, 0.29) is 52.6 Å². The van der Waals surface area contributed by atoms with E-state index < -0.39 is 141 Å². The summed E-state index contributed by atoms with van der Waals surface area (Å²) in [6.45, 7) is 17.2. The summed E-state index contributed by atoms with van der Waals surface area (Å²) in [6.07, 6.45) is -2.71. The van der Waals surface area contributed by atoms with Gasteiger partial charge in [0, 0.05) is 80.1 Å². The number of aliphatic hydroxyl groups excluding tert-OH is 6. The fourth-order valence-electron chi connectivity index (χ4n) is 6.35. The molecule has 2 rings (SSSR count). The van der Waals surface area contributed by atoms with Crippen LogP contribution in [-0.4, -0.2) is 201 Å². The third-order valence-electron chi connectivity index (χ3n) is 10.1. The molecular weight excluding hydrogens is 1080 g/mol. The van der Waals surface area contributed by atoms with Crippen LogP contribution in [0.3, 0.4) is 0 Å². The Morgan fingerprint density at radius 2 is 0.605 bits per heavy atom. The van der Waals surface area contributed by atoms with Crippen LogP contribution in [0.25, 0.3) is 0 Å². The summed E-state index contributed by atoms with van der Waals surface area (Å²) in [5.41, 5.74) is -2.72. The number of rotatable bonds is 38. The summed E-state index contributed by atoms with van der Waals surface area (Å²) < 4.78 is 35.0. The van der Waals surface area contributed by atoms with Crippen molar-refractivity contribution in [3.8, 4) is 0 Å². The predicted molar refractivity (Wildman–Crippen MR) is 283 cm³/mol. The zero-order valence-corrected chi connectivity index (χ0v) is 44.1. The van der Waals surface area contributed by atoms with E-state index in [1.165, 1.54) is 0 Å². The molecule has 1 aromatic carbocycles. The quantitative estimate of drug-likeness (QED) is 0.0146. The Morgan fingerprint density at radius 1 is 0.395 bits per heavy atom. The number of carbonyl (C=O) groups is 7. The van der Waals surface area contributed by atoms with Gasteiger partial charge >= 0.3 is 58.9 Å². The molecule has 0 fully saturated rings. The van der Waals surface area contributed by atoms with Crippen molar-refractivity contribution in [1.82, 2.24) is 13.7 Å². The molecule has 0 radical (unpaired) electrons. The number of hydrogen-bond acceptors (Lipinski definition) is 27. The lowest BCUT2D eigenvalue weighted by molar-refractivity contribution is -0.142. The number of aliphatic hydroxyl groups is 6. The molecule has 30 nitrogen and oxygen atoms in total. The summed E-state index contributed by atoms with van der Waals surface area (Å²) in [5, 5.41) is 61.9. The summed E-state index contributed by atoms with van der Waals surface area (Å²) in [6, 6.07) is 6.60. The number of esters is 7. The first-order valence-electron chi connectivity index (χ1n) is 23.9. The maximum absolute atomic E-state index is 12.9. The molecule has 30 heteroatoms. The average molecular weight is 1150 g/mol. The normalized spacial score (nSPS) is 13.1. The molecule has 7 unspecified atom stereocenters. The van der Waals surface area contributed by atoms with Crippen LogP contribution in [0, 0.1) is 0 Å². The second kappa shape index (κ2) is 38.1. The topological polar surface area (TPSA) is 413 Å². The fraction of sp³-hybridized carbons (Fsp3) is 0.412. The van der Waals surface area contributed by atoms with Gasteiger partial charge in [0.15, 0.2) is 0 Å². The van der Waals surface area contributed by atoms with Crippen LogP contribution < -0.4 is 32.8 Å². The average Bonchev–Trinajstić information content (AvgIpc) is 3.51. The number of hydrogen-bond donors (Lipinski definition) is 7. The van der Waals surface area contributed by atoms with E-state index in [0.717, 1.165) is 42.5 Å². The van der Waals surface area contributed by atoms with Gasteiger partial charge in [0.25, 0.3) is 0 Å². The van der Waals surface area contributed by atoms with Gasteiger partial charge in [0.2, 0.25) is 0 Å². The zero-order chi connectivity index (χ0) is 61.2. The van der Waals surface area contributed by atoms with Crippen LogP contribution in [0.4, 0.5) is 11.4 Å². The van der Waals surface area contributed by atoms with Crippen molar-refractivity contribution in [2.45, 2.75) is 62.4 Å². The van der Waals surface area contributed by atoms with E-state index in [2.05, 4.69) is 60.3 Å². The smallest absolute Gasteiger partial charge is 0.336 e. The highest BCUT2D eigenvalue weighted by atomic mass is 16.6. The molecule has 0 spiro atoms. The Bertz CT molecular complexity index is 2460. The number of benzene rings is 1. The highest BCUT2D eigenvalue weighted by molar-refractivity contribution is 5.83. The molecule has 0 saturated carbocycles. The maximum Gasteiger partial charge on any atom is 0.336 e. The number of carbonyl (C=O) groups excluding carboxylic acids is 7. The molecule has 0 aliphatic rings. The maximum atomic E-state index is 12.9. The predicted octanol–water partition coefficient (Wildman–Crippen LogP) is -4.00. The van der Waals surface area contributed by atoms with Gasteiger partial charge in [0.1, 0.15) is 89.0 Å². The van der Waals surface area contributed by atoms with Crippen LogP contribution in [0.15, 0.2) is 127 Å². The van der Waals surface area contributed by atoms with Gasteiger partial charge in [-0.05, 0) is 24.3 Å². The molecule has 8 N–H and O–H groups in total. The molecule has 0 aliphatic heterocycles. The Labute approximate surface area is 462 Å². The molecule has 81 heavy (non-hydrogen) atoms. The zero-order valence-electron chi connectivity index (χ0n) is 44.1. The van der Waals surface area contributed by atoms with E-state index in [0.29, 0.717) is 25.1 Å². The highest BCUT2D eigenvalue weighted by Gasteiger charge is 2.25. The standard InChI is InChI=1S/C30H41N3O12.C21H27N3O12/c1-5-27(37)41-17-23(34)13-32(14-24(35)18-42-28(38)6-2)21-9-11-22(12-10-21)33(15-25(36)19-43-29(39)7-3)16-26(45-31)20-44-30(40)8-4;1-4-16(28)34-10-13(25)7-22-19(31)23(8-14(26)11-35-17(29)5-2)21(33)24(20(22)32)9-15(27)12-36-18(30)6-3/h5-12,23-26,34-36H,1-4,13-20,31H2;4-6,13-15,25-27H,1-3,7-12H2. The summed E-state index contributed by atoms with van der Waals surface area (Å²) in [7, 11) is 0. The van der Waals surface area contributed by atoms with Crippen LogP contribution >= 0.6 is 0 Å². The second-order valence-corrected chi connectivity index (χ2v) is 16.5. The van der Waals surface area contributed by atoms with Gasteiger partial charge in [0.05, 0.1) is 19.6 Å². The van der Waals surface area contributed by atoms with Crippen molar-refractivity contribution >= 4 is 53.2 Å². The third kappa shape index (κ3) is 27.2. The minimum Gasteiger partial charge on any atom is -0.460 e. The van der Waals surface area contributed by atoms with Gasteiger partial charge in [-0.2, -0.15) is 0 Å². The Balaban J connectivity index is 0.000000830. The molecule has 1 aromatic heterocycles. The van der Waals surface area contributed by atoms with E-state index in [9.17, 15) is 78.6 Å². The molecular formula is C51H68N6O24. The van der Waals surface area contributed by atoms with E-state index in [1.807, 2.05) is 0 Å². The van der Waals surface area contributed by atoms with Crippen LogP contribution in [-0.2, 0) is 91.2 Å². The Hall–Kier alpha value is -8.62. The Kier molecular flexibility index (Phi) is 33.1. The molecule has 0 saturated heterocycles. The lowest BCUT2D eigenvalue weighted by Crippen LogP contribution is -2.57. The minimum atomic E-state index is -1.57. The molecule has 2 aromatic rings. The Morgan fingerprint density at radius 3 is 0.827 bits per heavy atom. The van der Waals surface area contributed by atoms with Gasteiger partial charge in [-0.3, -0.25) is 4.84 Å². The summed E-state index contributed by atoms with van der Waals surface area (Å²) in [4.78, 5) is 126. The van der Waals surface area contributed by atoms with Gasteiger partial charge < -0.3 is 73.6 Å². The van der Waals surface area contributed by atoms with Crippen LogP contribution in [0.1, 0.15) is 0 Å². The molecule has 0 bridgehead atoms. The molecule has 0 aliphatic carbocycles. The van der Waals surface area contributed by atoms with Gasteiger partial charge in [-0.25, -0.2) is 67.5 Å². The van der Waals surface area contributed by atoms with Crippen molar-refractivity contribution in [3.63, 3.8) is 0 Å². The largest absolute Gasteiger partial charge is 0.460 e. The number of ether oxygens (including phenoxy) is 7. The summed E-state index contributed by atoms with van der Waals surface area (Å²) in [5.74, 6) is -0.0534. The molecule has 1 heterocycles. The van der Waals surface area contributed by atoms with Gasteiger partial charge in [-0.15, -0.1) is 0 Å². The van der Waals surface area contributed by atoms with Gasteiger partial charge in [-0.1, -0.05) is 46.1 Å². The van der Waals surface area contributed by atoms with Crippen molar-refractivity contribution in [3.05, 3.63) is 144 Å². The number of anilines is 2. The second-order valence-electron chi connectivity index (χ2n) is 16.5. The van der Waals surface area contributed by atoms with Crippen molar-refractivity contribution in [2.24, 2.45) is 5.90 Å². The number of nitrogens with zero attached hydrogens (tertiary/aromatic N) is 5. The number of aromatic nitrogens is 3. The minimum absolute atomic E-state index is 0.0250. The fourth-order valence-corrected chi connectivity index (χ4v) is 6.35. The van der Waals surface area contributed by atoms with Crippen LogP contribution in [0.5, 0.6) is 0 Å². The lowest BCUT2D eigenvalue weighted by Gasteiger charge is -2.32. The first-order chi connectivity index (χ1) is 38.4. The van der Waals surface area contributed by atoms with E-state index in [1.54, 1.807) is 34.1 Å². The first kappa shape index (κ1) is 70.4. The van der Waals surface area contributed by atoms with Crippen molar-refractivity contribution in [1.29, 1.82) is 0 Å². The monoisotopic (exact) mass is 1150 g/mol. The molecule has 0 amide bonds.